The van der Waals surface area contributed by atoms with Gasteiger partial charge in [-0.1, -0.05) is 6.07 Å². The molecule has 2 aliphatic heterocycles. The zero-order valence-electron chi connectivity index (χ0n) is 16.6. The van der Waals surface area contributed by atoms with Gasteiger partial charge in [0.05, 0.1) is 12.7 Å². The number of fused-ring (bicyclic) bond motifs is 1. The van der Waals surface area contributed by atoms with Gasteiger partial charge in [-0.3, -0.25) is 4.79 Å². The molecule has 0 atom stereocenters. The summed E-state index contributed by atoms with van der Waals surface area (Å²) in [5.41, 5.74) is -0.288. The molecule has 1 spiro atoms. The van der Waals surface area contributed by atoms with Crippen LogP contribution in [0.15, 0.2) is 24.3 Å². The number of Topliss-reactive ketones (excluding diaryl/α,β-unsaturated/α-hetero) is 1. The highest BCUT2D eigenvalue weighted by atomic mass is 16.6. The Balaban J connectivity index is 1.70. The fourth-order valence-corrected chi connectivity index (χ4v) is 3.36. The van der Waals surface area contributed by atoms with Crippen LogP contribution in [0.3, 0.4) is 0 Å². The molecule has 1 fully saturated rings. The number of ketones is 1. The van der Waals surface area contributed by atoms with Gasteiger partial charge in [0.25, 0.3) is 0 Å². The van der Waals surface area contributed by atoms with Crippen LogP contribution in [0.4, 0.5) is 4.79 Å². The van der Waals surface area contributed by atoms with E-state index in [9.17, 15) is 14.4 Å². The highest BCUT2D eigenvalue weighted by Gasteiger charge is 2.50. The van der Waals surface area contributed by atoms with Crippen molar-refractivity contribution < 1.29 is 28.6 Å². The smallest absolute Gasteiger partial charge is 0.410 e. The molecule has 2 aliphatic rings. The first-order chi connectivity index (χ1) is 13.1. The van der Waals surface area contributed by atoms with Crippen LogP contribution in [0.2, 0.25) is 0 Å². The van der Waals surface area contributed by atoms with E-state index in [-0.39, 0.29) is 11.9 Å². The molecule has 1 saturated heterocycles. The van der Waals surface area contributed by atoms with E-state index in [0.717, 1.165) is 0 Å². The summed E-state index contributed by atoms with van der Waals surface area (Å²) in [7, 11) is 1.31. The number of piperidine rings is 1. The van der Waals surface area contributed by atoms with Gasteiger partial charge in [0.1, 0.15) is 11.4 Å². The third-order valence-electron chi connectivity index (χ3n) is 4.80. The first-order valence-electron chi connectivity index (χ1n) is 9.25. The number of hydrogen-bond donors (Lipinski definition) is 0. The van der Waals surface area contributed by atoms with Crippen LogP contribution in [0, 0.1) is 0 Å². The molecule has 0 unspecified atom stereocenters. The Bertz CT molecular complexity index is 828. The molecule has 3 rings (SSSR count). The summed E-state index contributed by atoms with van der Waals surface area (Å²) in [6, 6.07) is 5.23. The predicted octanol–water partition coefficient (Wildman–Crippen LogP) is 3.22. The largest absolute Gasteiger partial charge is 0.478 e. The summed E-state index contributed by atoms with van der Waals surface area (Å²) < 4.78 is 16.0. The lowest BCUT2D eigenvalue weighted by molar-refractivity contribution is -0.134. The monoisotopic (exact) mass is 387 g/mol. The van der Waals surface area contributed by atoms with Crippen LogP contribution < -0.4 is 4.74 Å². The SMILES string of the molecule is COC(=O)/C=C/c1ccc2c(c1)C(=O)C1(CCN(C(=O)OC(C)(C)C)CC1)O2. The van der Waals surface area contributed by atoms with E-state index in [2.05, 4.69) is 4.74 Å². The third-order valence-corrected chi connectivity index (χ3v) is 4.80. The lowest BCUT2D eigenvalue weighted by atomic mass is 9.85. The van der Waals surface area contributed by atoms with Gasteiger partial charge in [-0.25, -0.2) is 9.59 Å². The van der Waals surface area contributed by atoms with E-state index in [1.54, 1.807) is 29.2 Å². The number of carbonyl (C=O) groups is 3. The molecule has 0 aliphatic carbocycles. The number of esters is 1. The lowest BCUT2D eigenvalue weighted by Crippen LogP contribution is -2.52. The molecule has 0 saturated carbocycles. The summed E-state index contributed by atoms with van der Waals surface area (Å²) in [4.78, 5) is 38.2. The molecular weight excluding hydrogens is 362 g/mol. The van der Waals surface area contributed by atoms with Gasteiger partial charge in [-0.15, -0.1) is 0 Å². The molecule has 150 valence electrons. The van der Waals surface area contributed by atoms with Crippen LogP contribution >= 0.6 is 0 Å². The van der Waals surface area contributed by atoms with Crippen molar-refractivity contribution in [3.05, 3.63) is 35.4 Å². The standard InChI is InChI=1S/C21H25NO6/c1-20(2,3)28-19(25)22-11-9-21(10-12-22)18(24)15-13-14(5-7-16(15)27-21)6-8-17(23)26-4/h5-8,13H,9-12H2,1-4H3/b8-6+. The minimum atomic E-state index is -0.939. The molecule has 2 heterocycles. The van der Waals surface area contributed by atoms with E-state index in [0.29, 0.717) is 42.8 Å². The first-order valence-corrected chi connectivity index (χ1v) is 9.25. The van der Waals surface area contributed by atoms with Crippen molar-refractivity contribution in [3.8, 4) is 5.75 Å². The zero-order chi connectivity index (χ0) is 20.5. The van der Waals surface area contributed by atoms with E-state index in [1.165, 1.54) is 13.2 Å². The summed E-state index contributed by atoms with van der Waals surface area (Å²) >= 11 is 0. The van der Waals surface area contributed by atoms with Crippen molar-refractivity contribution in [2.75, 3.05) is 20.2 Å². The summed E-state index contributed by atoms with van der Waals surface area (Å²) in [5, 5.41) is 0. The van der Waals surface area contributed by atoms with Crippen LogP contribution in [0.25, 0.3) is 6.08 Å². The van der Waals surface area contributed by atoms with E-state index in [4.69, 9.17) is 9.47 Å². The zero-order valence-corrected chi connectivity index (χ0v) is 16.6. The normalized spacial score (nSPS) is 18.1. The Morgan fingerprint density at radius 2 is 1.89 bits per heavy atom. The molecule has 1 amide bonds. The second kappa shape index (κ2) is 7.30. The molecule has 0 N–H and O–H groups in total. The van der Waals surface area contributed by atoms with Crippen molar-refractivity contribution in [3.63, 3.8) is 0 Å². The molecule has 7 heteroatoms. The average molecular weight is 387 g/mol. The number of hydrogen-bond acceptors (Lipinski definition) is 6. The van der Waals surface area contributed by atoms with Crippen LogP contribution in [-0.4, -0.2) is 54.1 Å². The Morgan fingerprint density at radius 3 is 2.50 bits per heavy atom. The van der Waals surface area contributed by atoms with Crippen LogP contribution in [0.1, 0.15) is 49.5 Å². The quantitative estimate of drug-likeness (QED) is 0.572. The molecule has 0 aromatic heterocycles. The summed E-state index contributed by atoms with van der Waals surface area (Å²) in [5.74, 6) is -0.0142. The first kappa shape index (κ1) is 19.9. The van der Waals surface area contributed by atoms with Crippen molar-refractivity contribution in [1.29, 1.82) is 0 Å². The van der Waals surface area contributed by atoms with E-state index < -0.39 is 17.2 Å². The molecule has 1 aromatic carbocycles. The number of carbonyl (C=O) groups excluding carboxylic acids is 3. The highest BCUT2D eigenvalue weighted by molar-refractivity contribution is 6.08. The van der Waals surface area contributed by atoms with Gasteiger partial charge in [0, 0.05) is 32.0 Å². The van der Waals surface area contributed by atoms with Gasteiger partial charge in [0.2, 0.25) is 5.78 Å². The van der Waals surface area contributed by atoms with Gasteiger partial charge < -0.3 is 19.1 Å². The molecule has 0 radical (unpaired) electrons. The highest BCUT2D eigenvalue weighted by Crippen LogP contribution is 2.41. The second-order valence-electron chi connectivity index (χ2n) is 8.00. The maximum absolute atomic E-state index is 13.1. The number of rotatable bonds is 2. The molecule has 7 nitrogen and oxygen atoms in total. The number of ether oxygens (including phenoxy) is 3. The fourth-order valence-electron chi connectivity index (χ4n) is 3.36. The van der Waals surface area contributed by atoms with E-state index >= 15 is 0 Å². The van der Waals surface area contributed by atoms with Crippen molar-refractivity contribution in [2.45, 2.75) is 44.8 Å². The van der Waals surface area contributed by atoms with Crippen LogP contribution in [-0.2, 0) is 14.3 Å². The van der Waals surface area contributed by atoms with Crippen molar-refractivity contribution >= 4 is 23.9 Å². The predicted molar refractivity (Wildman–Crippen MR) is 102 cm³/mol. The molecule has 1 aromatic rings. The second-order valence-corrected chi connectivity index (χ2v) is 8.00. The minimum absolute atomic E-state index is 0.0837. The third kappa shape index (κ3) is 4.03. The molecule has 28 heavy (non-hydrogen) atoms. The maximum Gasteiger partial charge on any atom is 0.410 e. The summed E-state index contributed by atoms with van der Waals surface area (Å²) in [6.07, 6.45) is 3.34. The number of nitrogens with zero attached hydrogens (tertiary/aromatic N) is 1. The average Bonchev–Trinajstić information content (AvgIpc) is 2.90. The Hall–Kier alpha value is -2.83. The van der Waals surface area contributed by atoms with Gasteiger partial charge in [-0.05, 0) is 44.5 Å². The minimum Gasteiger partial charge on any atom is -0.478 e. The number of amides is 1. The number of benzene rings is 1. The number of methoxy groups -OCH3 is 1. The molecule has 0 bridgehead atoms. The Morgan fingerprint density at radius 1 is 1.21 bits per heavy atom. The fraction of sp³-hybridized carbons (Fsp3) is 0.476. The van der Waals surface area contributed by atoms with Crippen molar-refractivity contribution in [1.82, 2.24) is 4.90 Å². The van der Waals surface area contributed by atoms with Gasteiger partial charge >= 0.3 is 12.1 Å². The Labute approximate surface area is 164 Å². The Kier molecular flexibility index (Phi) is 5.19. The maximum atomic E-state index is 13.1. The topological polar surface area (TPSA) is 82.1 Å². The van der Waals surface area contributed by atoms with E-state index in [1.807, 2.05) is 20.8 Å². The number of likely N-dealkylation sites (tertiary alicyclic amines) is 1. The van der Waals surface area contributed by atoms with Gasteiger partial charge in [0.15, 0.2) is 5.60 Å². The van der Waals surface area contributed by atoms with Crippen molar-refractivity contribution in [2.24, 2.45) is 0 Å². The molecular formula is C21H25NO6. The van der Waals surface area contributed by atoms with Crippen LogP contribution in [0.5, 0.6) is 5.75 Å². The lowest BCUT2D eigenvalue weighted by Gasteiger charge is -2.37. The summed E-state index contributed by atoms with van der Waals surface area (Å²) in [6.45, 7) is 6.25. The van der Waals surface area contributed by atoms with Gasteiger partial charge in [-0.2, -0.15) is 0 Å².